The molecule has 1 aromatic carbocycles. The number of piperidine rings is 1. The van der Waals surface area contributed by atoms with Crippen LogP contribution in [0.15, 0.2) is 30.7 Å². The highest BCUT2D eigenvalue weighted by atomic mass is 32.2. The van der Waals surface area contributed by atoms with Crippen molar-refractivity contribution in [3.63, 3.8) is 0 Å². The number of benzene rings is 1. The van der Waals surface area contributed by atoms with Gasteiger partial charge in [-0.05, 0) is 111 Å². The van der Waals surface area contributed by atoms with Gasteiger partial charge in [-0.1, -0.05) is 0 Å². The average Bonchev–Trinajstić information content (AvgIpc) is 3.42. The highest BCUT2D eigenvalue weighted by Crippen LogP contribution is 2.45. The Morgan fingerprint density at radius 3 is 2.35 bits per heavy atom. The van der Waals surface area contributed by atoms with E-state index in [1.165, 1.54) is 28.8 Å². The predicted octanol–water partition coefficient (Wildman–Crippen LogP) is 5.08. The summed E-state index contributed by atoms with van der Waals surface area (Å²) in [7, 11) is -3.62. The molecule has 0 bridgehead atoms. The summed E-state index contributed by atoms with van der Waals surface area (Å²) < 4.78 is 56.8. The molecule has 0 N–H and O–H groups in total. The van der Waals surface area contributed by atoms with Crippen LogP contribution < -0.4 is 9.64 Å². The minimum atomic E-state index is -3.62. The first-order valence-electron chi connectivity index (χ1n) is 19.8. The summed E-state index contributed by atoms with van der Waals surface area (Å²) in [5.74, 6) is 0.768. The summed E-state index contributed by atoms with van der Waals surface area (Å²) >= 11 is 0. The van der Waals surface area contributed by atoms with Gasteiger partial charge in [0.2, 0.25) is 0 Å². The molecule has 5 heterocycles. The first-order valence-corrected chi connectivity index (χ1v) is 21.1. The zero-order chi connectivity index (χ0) is 39.7. The molecule has 55 heavy (non-hydrogen) atoms. The second-order valence-electron chi connectivity index (χ2n) is 17.3. The number of amides is 2. The van der Waals surface area contributed by atoms with Crippen LogP contribution in [0.4, 0.5) is 15.0 Å². The number of halogens is 1. The molecule has 0 saturated carbocycles. The van der Waals surface area contributed by atoms with E-state index in [1.807, 2.05) is 48.5 Å². The van der Waals surface area contributed by atoms with Crippen LogP contribution in [0, 0.1) is 17.2 Å². The van der Waals surface area contributed by atoms with Crippen molar-refractivity contribution in [3.05, 3.63) is 42.1 Å². The molecule has 2 aromatic rings. The van der Waals surface area contributed by atoms with Crippen molar-refractivity contribution < 1.29 is 31.9 Å². The van der Waals surface area contributed by atoms with Gasteiger partial charge in [-0.25, -0.2) is 19.2 Å². The number of hydrogen-bond donors (Lipinski definition) is 0. The summed E-state index contributed by atoms with van der Waals surface area (Å²) in [6, 6.07) is 3.84. The summed E-state index contributed by atoms with van der Waals surface area (Å²) in [6.45, 7) is 20.1. The number of likely N-dealkylation sites (tertiary alicyclic amines) is 1. The first kappa shape index (κ1) is 41.0. The number of hydrogen-bond acceptors (Lipinski definition) is 10. The van der Waals surface area contributed by atoms with Gasteiger partial charge in [0.15, 0.2) is 11.6 Å². The molecule has 4 saturated heterocycles. The van der Waals surface area contributed by atoms with Crippen LogP contribution in [0.25, 0.3) is 0 Å². The van der Waals surface area contributed by atoms with Crippen molar-refractivity contribution in [3.8, 4) is 11.5 Å². The molecular weight excluding hydrogens is 728 g/mol. The van der Waals surface area contributed by atoms with Gasteiger partial charge in [0.25, 0.3) is 16.1 Å². The van der Waals surface area contributed by atoms with Gasteiger partial charge < -0.3 is 29.1 Å². The minimum Gasteiger partial charge on any atom is -0.451 e. The van der Waals surface area contributed by atoms with E-state index >= 15 is 0 Å². The zero-order valence-electron chi connectivity index (χ0n) is 33.5. The molecule has 16 heteroatoms. The second kappa shape index (κ2) is 16.5. The quantitative estimate of drug-likeness (QED) is 0.322. The monoisotopic (exact) mass is 786 g/mol. The summed E-state index contributed by atoms with van der Waals surface area (Å²) in [6.07, 6.45) is 6.13. The Kier molecular flexibility index (Phi) is 12.3. The third kappa shape index (κ3) is 9.51. The van der Waals surface area contributed by atoms with E-state index in [0.29, 0.717) is 50.7 Å². The SMILES string of the molecule is CC(C)N(C(=O)c1cc(F)ccc1Oc1cncnc1N1CC2(CCN(C[C@H]3CCN(S(=O)(=O)N4CCCN(C(=O)OC(C)(C)C)CC4)C3)CC2)C1)C(C)C. The van der Waals surface area contributed by atoms with Crippen molar-refractivity contribution in [2.75, 3.05) is 76.9 Å². The zero-order valence-corrected chi connectivity index (χ0v) is 34.4. The minimum absolute atomic E-state index is 0.0805. The van der Waals surface area contributed by atoms with Crippen molar-refractivity contribution >= 4 is 28.0 Å². The normalized spacial score (nSPS) is 21.5. The lowest BCUT2D eigenvalue weighted by Crippen LogP contribution is -2.61. The molecule has 4 aliphatic rings. The van der Waals surface area contributed by atoms with E-state index in [0.717, 1.165) is 52.0 Å². The molecule has 0 radical (unpaired) electrons. The molecule has 1 spiro atoms. The largest absolute Gasteiger partial charge is 0.451 e. The summed E-state index contributed by atoms with van der Waals surface area (Å²) in [5, 5.41) is 0. The summed E-state index contributed by atoms with van der Waals surface area (Å²) in [4.78, 5) is 42.9. The van der Waals surface area contributed by atoms with Gasteiger partial charge in [0, 0.05) is 76.4 Å². The Labute approximate surface area is 326 Å². The number of anilines is 1. The Balaban J connectivity index is 0.999. The molecule has 1 aromatic heterocycles. The molecule has 2 amide bonds. The van der Waals surface area contributed by atoms with Crippen molar-refractivity contribution in [2.24, 2.45) is 11.3 Å². The topological polar surface area (TPSA) is 132 Å². The fourth-order valence-corrected chi connectivity index (χ4v) is 10.2. The Bertz CT molecular complexity index is 1780. The number of rotatable bonds is 10. The maximum atomic E-state index is 14.4. The van der Waals surface area contributed by atoms with Gasteiger partial charge in [0.1, 0.15) is 23.5 Å². The van der Waals surface area contributed by atoms with Crippen molar-refractivity contribution in [1.29, 1.82) is 0 Å². The highest BCUT2D eigenvalue weighted by Gasteiger charge is 2.47. The fourth-order valence-electron chi connectivity index (χ4n) is 8.46. The molecule has 14 nitrogen and oxygen atoms in total. The van der Waals surface area contributed by atoms with Gasteiger partial charge in [-0.15, -0.1) is 0 Å². The number of carbonyl (C=O) groups is 2. The molecular formula is C39H59FN8O6S. The van der Waals surface area contributed by atoms with Gasteiger partial charge in [-0.2, -0.15) is 17.0 Å². The summed E-state index contributed by atoms with van der Waals surface area (Å²) in [5.41, 5.74) is -0.299. The van der Waals surface area contributed by atoms with E-state index in [4.69, 9.17) is 9.47 Å². The highest BCUT2D eigenvalue weighted by molar-refractivity contribution is 7.86. The van der Waals surface area contributed by atoms with Crippen LogP contribution in [-0.4, -0.2) is 143 Å². The third-order valence-electron chi connectivity index (χ3n) is 11.2. The second-order valence-corrected chi connectivity index (χ2v) is 19.2. The lowest BCUT2D eigenvalue weighted by molar-refractivity contribution is 0.0259. The van der Waals surface area contributed by atoms with E-state index in [-0.39, 0.29) is 47.2 Å². The van der Waals surface area contributed by atoms with Crippen molar-refractivity contribution in [2.45, 2.75) is 91.8 Å². The molecule has 4 aliphatic heterocycles. The molecule has 4 fully saturated rings. The Morgan fingerprint density at radius 1 is 0.964 bits per heavy atom. The Hall–Kier alpha value is -3.60. The number of ether oxygens (including phenoxy) is 2. The lowest BCUT2D eigenvalue weighted by atomic mass is 9.72. The van der Waals surface area contributed by atoms with E-state index in [1.54, 1.807) is 20.3 Å². The Morgan fingerprint density at radius 2 is 1.67 bits per heavy atom. The van der Waals surface area contributed by atoms with Crippen LogP contribution >= 0.6 is 0 Å². The van der Waals surface area contributed by atoms with Gasteiger partial charge >= 0.3 is 6.09 Å². The van der Waals surface area contributed by atoms with E-state index < -0.39 is 27.7 Å². The number of aromatic nitrogens is 2. The molecule has 0 aliphatic carbocycles. The van der Waals surface area contributed by atoms with Crippen LogP contribution in [0.1, 0.15) is 84.5 Å². The van der Waals surface area contributed by atoms with Crippen LogP contribution in [0.3, 0.4) is 0 Å². The van der Waals surface area contributed by atoms with Crippen molar-refractivity contribution in [1.82, 2.24) is 33.3 Å². The van der Waals surface area contributed by atoms with E-state index in [9.17, 15) is 22.4 Å². The van der Waals surface area contributed by atoms with Gasteiger partial charge in [-0.3, -0.25) is 4.79 Å². The number of carbonyl (C=O) groups excluding carboxylic acids is 2. The first-order chi connectivity index (χ1) is 25.9. The molecule has 6 rings (SSSR count). The third-order valence-corrected chi connectivity index (χ3v) is 13.2. The number of nitrogens with zero attached hydrogens (tertiary/aromatic N) is 8. The molecule has 304 valence electrons. The van der Waals surface area contributed by atoms with Crippen LogP contribution in [0.2, 0.25) is 0 Å². The lowest BCUT2D eigenvalue weighted by Gasteiger charge is -2.54. The molecule has 1 atom stereocenters. The van der Waals surface area contributed by atoms with Crippen LogP contribution in [-0.2, 0) is 14.9 Å². The van der Waals surface area contributed by atoms with Crippen LogP contribution in [0.5, 0.6) is 11.5 Å². The maximum absolute atomic E-state index is 14.4. The maximum Gasteiger partial charge on any atom is 0.410 e. The standard InChI is InChI=1S/C39H59FN8O6S/c1-28(2)48(29(3)4)36(49)32-21-31(40)9-10-33(32)53-34-22-41-27-42-35(34)45-25-39(26-45)12-17-43(18-13-39)23-30-11-16-47(24-30)55(51,52)46-15-8-14-44(19-20-46)37(50)54-38(5,6)7/h9-10,21-22,27-30H,8,11-20,23-26H2,1-7H3/t30-/m1/s1. The predicted molar refractivity (Wildman–Crippen MR) is 208 cm³/mol. The fraction of sp³-hybridized carbons (Fsp3) is 0.692. The molecule has 0 unspecified atom stereocenters. The average molecular weight is 787 g/mol. The van der Waals surface area contributed by atoms with Gasteiger partial charge in [0.05, 0.1) is 11.8 Å². The van der Waals surface area contributed by atoms with E-state index in [2.05, 4.69) is 19.8 Å². The smallest absolute Gasteiger partial charge is 0.410 e.